The third-order valence-corrected chi connectivity index (χ3v) is 4.25. The zero-order chi connectivity index (χ0) is 15.9. The maximum atomic E-state index is 12.0. The SMILES string of the molecule is CC(C)CC(CCO)CNC(=O)NC1CCc2[nH]ncc2C1. The van der Waals surface area contributed by atoms with Crippen LogP contribution >= 0.6 is 0 Å². The summed E-state index contributed by atoms with van der Waals surface area (Å²) in [4.78, 5) is 12.0. The monoisotopic (exact) mass is 308 g/mol. The molecule has 6 nitrogen and oxygen atoms in total. The molecule has 1 heterocycles. The number of urea groups is 1. The van der Waals surface area contributed by atoms with E-state index >= 15 is 0 Å². The van der Waals surface area contributed by atoms with Gasteiger partial charge in [0.25, 0.3) is 0 Å². The third kappa shape index (κ3) is 5.02. The Morgan fingerprint density at radius 2 is 2.36 bits per heavy atom. The fraction of sp³-hybridized carbons (Fsp3) is 0.750. The Morgan fingerprint density at radius 1 is 1.55 bits per heavy atom. The van der Waals surface area contributed by atoms with E-state index in [1.807, 2.05) is 6.20 Å². The summed E-state index contributed by atoms with van der Waals surface area (Å²) in [5.74, 6) is 0.904. The summed E-state index contributed by atoms with van der Waals surface area (Å²) in [5.41, 5.74) is 2.40. The van der Waals surface area contributed by atoms with Gasteiger partial charge < -0.3 is 15.7 Å². The average molecular weight is 308 g/mol. The van der Waals surface area contributed by atoms with E-state index in [-0.39, 0.29) is 18.7 Å². The summed E-state index contributed by atoms with van der Waals surface area (Å²) in [6.07, 6.45) is 6.31. The number of hydrogen-bond acceptors (Lipinski definition) is 3. The number of nitrogens with zero attached hydrogens (tertiary/aromatic N) is 1. The van der Waals surface area contributed by atoms with Gasteiger partial charge >= 0.3 is 6.03 Å². The van der Waals surface area contributed by atoms with E-state index in [0.29, 0.717) is 18.4 Å². The van der Waals surface area contributed by atoms with Gasteiger partial charge in [-0.1, -0.05) is 13.8 Å². The second-order valence-electron chi connectivity index (χ2n) is 6.68. The number of fused-ring (bicyclic) bond motifs is 1. The molecule has 22 heavy (non-hydrogen) atoms. The lowest BCUT2D eigenvalue weighted by Gasteiger charge is -2.24. The number of aromatic nitrogens is 2. The summed E-state index contributed by atoms with van der Waals surface area (Å²) < 4.78 is 0. The lowest BCUT2D eigenvalue weighted by Crippen LogP contribution is -2.45. The van der Waals surface area contributed by atoms with Gasteiger partial charge in [0, 0.05) is 24.9 Å². The number of hydrogen-bond donors (Lipinski definition) is 4. The van der Waals surface area contributed by atoms with Crippen LogP contribution in [0.15, 0.2) is 6.20 Å². The highest BCUT2D eigenvalue weighted by atomic mass is 16.3. The largest absolute Gasteiger partial charge is 0.396 e. The molecule has 1 aromatic heterocycles. The second-order valence-corrected chi connectivity index (χ2v) is 6.68. The van der Waals surface area contributed by atoms with Crippen LogP contribution in [0.25, 0.3) is 0 Å². The molecule has 0 saturated carbocycles. The number of carbonyl (C=O) groups is 1. The van der Waals surface area contributed by atoms with Crippen molar-refractivity contribution < 1.29 is 9.90 Å². The Morgan fingerprint density at radius 3 is 3.09 bits per heavy atom. The van der Waals surface area contributed by atoms with Crippen molar-refractivity contribution in [3.8, 4) is 0 Å². The molecular weight excluding hydrogens is 280 g/mol. The van der Waals surface area contributed by atoms with E-state index < -0.39 is 0 Å². The molecule has 1 aliphatic carbocycles. The van der Waals surface area contributed by atoms with Crippen LogP contribution in [0, 0.1) is 11.8 Å². The van der Waals surface area contributed by atoms with E-state index in [1.165, 1.54) is 11.3 Å². The van der Waals surface area contributed by atoms with E-state index in [0.717, 1.165) is 32.1 Å². The number of H-pyrrole nitrogens is 1. The van der Waals surface area contributed by atoms with E-state index in [9.17, 15) is 4.79 Å². The molecule has 0 aliphatic heterocycles. The predicted octanol–water partition coefficient (Wildman–Crippen LogP) is 1.61. The second kappa shape index (κ2) is 8.17. The molecule has 2 rings (SSSR count). The third-order valence-electron chi connectivity index (χ3n) is 4.25. The smallest absolute Gasteiger partial charge is 0.315 e. The first-order valence-corrected chi connectivity index (χ1v) is 8.24. The maximum absolute atomic E-state index is 12.0. The van der Waals surface area contributed by atoms with Crippen LogP contribution in [0.1, 0.15) is 44.4 Å². The van der Waals surface area contributed by atoms with Gasteiger partial charge in [-0.05, 0) is 49.5 Å². The van der Waals surface area contributed by atoms with Crippen molar-refractivity contribution in [1.82, 2.24) is 20.8 Å². The number of amides is 2. The summed E-state index contributed by atoms with van der Waals surface area (Å²) >= 11 is 0. The van der Waals surface area contributed by atoms with E-state index in [4.69, 9.17) is 5.11 Å². The molecule has 0 aromatic carbocycles. The number of carbonyl (C=O) groups excluding carboxylic acids is 1. The lowest BCUT2D eigenvalue weighted by molar-refractivity contribution is 0.221. The minimum absolute atomic E-state index is 0.108. The van der Waals surface area contributed by atoms with Crippen LogP contribution in [-0.4, -0.2) is 40.5 Å². The topological polar surface area (TPSA) is 90.0 Å². The normalized spacial score (nSPS) is 18.8. The van der Waals surface area contributed by atoms with Gasteiger partial charge in [0.15, 0.2) is 0 Å². The van der Waals surface area contributed by atoms with Crippen LogP contribution in [0.4, 0.5) is 4.79 Å². The first-order valence-electron chi connectivity index (χ1n) is 8.24. The Bertz CT molecular complexity index is 472. The highest BCUT2D eigenvalue weighted by Gasteiger charge is 2.21. The van der Waals surface area contributed by atoms with Crippen molar-refractivity contribution >= 4 is 6.03 Å². The van der Waals surface area contributed by atoms with Gasteiger partial charge in [0.05, 0.1) is 6.20 Å². The molecule has 2 amide bonds. The molecule has 1 aliphatic rings. The molecule has 4 N–H and O–H groups in total. The lowest BCUT2D eigenvalue weighted by atomic mass is 9.93. The van der Waals surface area contributed by atoms with E-state index in [2.05, 4.69) is 34.7 Å². The van der Waals surface area contributed by atoms with Gasteiger partial charge in [0.2, 0.25) is 0 Å². The number of aromatic amines is 1. The minimum atomic E-state index is -0.108. The van der Waals surface area contributed by atoms with Gasteiger partial charge in [-0.2, -0.15) is 5.10 Å². The quantitative estimate of drug-likeness (QED) is 0.617. The zero-order valence-electron chi connectivity index (χ0n) is 13.6. The Labute approximate surface area is 132 Å². The average Bonchev–Trinajstić information content (AvgIpc) is 2.92. The van der Waals surface area contributed by atoms with E-state index in [1.54, 1.807) is 0 Å². The standard InChI is InChI=1S/C16H28N4O2/c1-11(2)7-12(5-6-21)9-17-16(22)19-14-3-4-15-13(8-14)10-18-20-15/h10-12,14,21H,3-9H2,1-2H3,(H,18,20)(H2,17,19,22). The molecule has 2 atom stereocenters. The molecule has 0 radical (unpaired) electrons. The first-order chi connectivity index (χ1) is 10.6. The van der Waals surface area contributed by atoms with Crippen LogP contribution < -0.4 is 10.6 Å². The van der Waals surface area contributed by atoms with Crippen molar-refractivity contribution in [3.05, 3.63) is 17.5 Å². The van der Waals surface area contributed by atoms with Gasteiger partial charge in [-0.25, -0.2) is 4.79 Å². The Balaban J connectivity index is 1.73. The Hall–Kier alpha value is -1.56. The number of aliphatic hydroxyl groups is 1. The zero-order valence-corrected chi connectivity index (χ0v) is 13.6. The van der Waals surface area contributed by atoms with Crippen molar-refractivity contribution in [1.29, 1.82) is 0 Å². The fourth-order valence-corrected chi connectivity index (χ4v) is 3.17. The predicted molar refractivity (Wildman–Crippen MR) is 85.6 cm³/mol. The van der Waals surface area contributed by atoms with Crippen LogP contribution in [-0.2, 0) is 12.8 Å². The molecule has 0 bridgehead atoms. The number of aryl methyl sites for hydroxylation is 1. The van der Waals surface area contributed by atoms with Crippen LogP contribution in [0.3, 0.4) is 0 Å². The molecule has 0 fully saturated rings. The number of nitrogens with one attached hydrogen (secondary N) is 3. The molecule has 6 heteroatoms. The molecule has 0 saturated heterocycles. The minimum Gasteiger partial charge on any atom is -0.396 e. The fourth-order valence-electron chi connectivity index (χ4n) is 3.17. The number of aliphatic hydroxyl groups excluding tert-OH is 1. The molecule has 1 aromatic rings. The Kier molecular flexibility index (Phi) is 6.24. The summed E-state index contributed by atoms with van der Waals surface area (Å²) in [6, 6.07) is 0.0649. The first kappa shape index (κ1) is 16.8. The molecular formula is C16H28N4O2. The van der Waals surface area contributed by atoms with Crippen molar-refractivity contribution in [3.63, 3.8) is 0 Å². The highest BCUT2D eigenvalue weighted by molar-refractivity contribution is 5.74. The van der Waals surface area contributed by atoms with Gasteiger partial charge in [-0.3, -0.25) is 5.10 Å². The summed E-state index contributed by atoms with van der Waals surface area (Å²) in [7, 11) is 0. The molecule has 0 spiro atoms. The maximum Gasteiger partial charge on any atom is 0.315 e. The number of rotatable bonds is 7. The van der Waals surface area contributed by atoms with Crippen molar-refractivity contribution in [2.45, 2.75) is 52.0 Å². The van der Waals surface area contributed by atoms with Crippen LogP contribution in [0.5, 0.6) is 0 Å². The summed E-state index contributed by atoms with van der Waals surface area (Å²) in [5, 5.41) is 22.2. The van der Waals surface area contributed by atoms with Crippen molar-refractivity contribution in [2.24, 2.45) is 11.8 Å². The van der Waals surface area contributed by atoms with Crippen molar-refractivity contribution in [2.75, 3.05) is 13.2 Å². The van der Waals surface area contributed by atoms with Gasteiger partial charge in [-0.15, -0.1) is 0 Å². The van der Waals surface area contributed by atoms with Crippen LogP contribution in [0.2, 0.25) is 0 Å². The molecule has 124 valence electrons. The van der Waals surface area contributed by atoms with Gasteiger partial charge in [0.1, 0.15) is 0 Å². The highest BCUT2D eigenvalue weighted by Crippen LogP contribution is 2.19. The summed E-state index contributed by atoms with van der Waals surface area (Å²) in [6.45, 7) is 5.12. The molecule has 2 unspecified atom stereocenters.